The van der Waals surface area contributed by atoms with Gasteiger partial charge in [0.25, 0.3) is 0 Å². The first kappa shape index (κ1) is 12.4. The standard InChI is InChI=1S/C9H15ClO3/c1-4-5-6-9(10,7(2)11)8(12)13-3/h4-6H2,1-3H3. The highest BCUT2D eigenvalue weighted by molar-refractivity contribution is 6.45. The molecule has 0 aliphatic carbocycles. The van der Waals surface area contributed by atoms with Gasteiger partial charge in [0.05, 0.1) is 7.11 Å². The predicted molar refractivity (Wildman–Crippen MR) is 50.8 cm³/mol. The Morgan fingerprint density at radius 2 is 2.00 bits per heavy atom. The van der Waals surface area contributed by atoms with Crippen LogP contribution in [0.4, 0.5) is 0 Å². The Morgan fingerprint density at radius 1 is 1.46 bits per heavy atom. The first-order valence-electron chi connectivity index (χ1n) is 4.27. The summed E-state index contributed by atoms with van der Waals surface area (Å²) in [7, 11) is 1.23. The third-order valence-electron chi connectivity index (χ3n) is 1.94. The van der Waals surface area contributed by atoms with E-state index in [4.69, 9.17) is 11.6 Å². The Morgan fingerprint density at radius 3 is 2.31 bits per heavy atom. The lowest BCUT2D eigenvalue weighted by molar-refractivity contribution is -0.147. The molecule has 0 saturated heterocycles. The number of unbranched alkanes of at least 4 members (excludes halogenated alkanes) is 1. The van der Waals surface area contributed by atoms with E-state index in [-0.39, 0.29) is 5.78 Å². The highest BCUT2D eigenvalue weighted by atomic mass is 35.5. The summed E-state index contributed by atoms with van der Waals surface area (Å²) >= 11 is 5.88. The van der Waals surface area contributed by atoms with E-state index >= 15 is 0 Å². The van der Waals surface area contributed by atoms with Crippen molar-refractivity contribution in [2.24, 2.45) is 0 Å². The van der Waals surface area contributed by atoms with Crippen LogP contribution >= 0.6 is 11.6 Å². The Labute approximate surface area is 83.4 Å². The minimum Gasteiger partial charge on any atom is -0.467 e. The molecule has 0 aliphatic heterocycles. The van der Waals surface area contributed by atoms with Crippen LogP contribution in [0.15, 0.2) is 0 Å². The number of carbonyl (C=O) groups is 2. The SMILES string of the molecule is CCCCC(Cl)(C(C)=O)C(=O)OC. The average molecular weight is 207 g/mol. The van der Waals surface area contributed by atoms with Gasteiger partial charge in [-0.15, -0.1) is 0 Å². The number of methoxy groups -OCH3 is 1. The van der Waals surface area contributed by atoms with Crippen molar-refractivity contribution in [1.29, 1.82) is 0 Å². The van der Waals surface area contributed by atoms with Gasteiger partial charge in [-0.1, -0.05) is 31.4 Å². The molecule has 0 fully saturated rings. The van der Waals surface area contributed by atoms with Gasteiger partial charge in [-0.3, -0.25) is 4.79 Å². The molecule has 0 rings (SSSR count). The second-order valence-corrected chi connectivity index (χ2v) is 3.60. The van der Waals surface area contributed by atoms with E-state index in [1.807, 2.05) is 6.92 Å². The molecule has 76 valence electrons. The van der Waals surface area contributed by atoms with Crippen molar-refractivity contribution in [1.82, 2.24) is 0 Å². The molecule has 0 aromatic rings. The van der Waals surface area contributed by atoms with Gasteiger partial charge < -0.3 is 4.74 Å². The van der Waals surface area contributed by atoms with Crippen molar-refractivity contribution in [2.75, 3.05) is 7.11 Å². The molecule has 0 N–H and O–H groups in total. The first-order valence-corrected chi connectivity index (χ1v) is 4.65. The number of halogens is 1. The summed E-state index contributed by atoms with van der Waals surface area (Å²) in [4.78, 5) is 20.9. The number of esters is 1. The number of hydrogen-bond acceptors (Lipinski definition) is 3. The maximum Gasteiger partial charge on any atom is 0.334 e. The molecule has 0 amide bonds. The molecule has 1 unspecified atom stereocenters. The third kappa shape index (κ3) is 2.99. The highest BCUT2D eigenvalue weighted by Crippen LogP contribution is 2.25. The molecule has 0 aliphatic rings. The lowest BCUT2D eigenvalue weighted by atomic mass is 9.97. The molecular weight excluding hydrogens is 192 g/mol. The largest absolute Gasteiger partial charge is 0.467 e. The summed E-state index contributed by atoms with van der Waals surface area (Å²) in [5.74, 6) is -1.01. The molecule has 0 aromatic carbocycles. The summed E-state index contributed by atoms with van der Waals surface area (Å²) in [5, 5.41) is 0. The van der Waals surface area contributed by atoms with Crippen molar-refractivity contribution in [3.63, 3.8) is 0 Å². The fraction of sp³-hybridized carbons (Fsp3) is 0.778. The van der Waals surface area contributed by atoms with Crippen LogP contribution in [0.2, 0.25) is 0 Å². The maximum atomic E-state index is 11.2. The number of rotatable bonds is 5. The molecule has 13 heavy (non-hydrogen) atoms. The minimum atomic E-state index is -1.47. The summed E-state index contributed by atoms with van der Waals surface area (Å²) in [6.07, 6.45) is 1.96. The molecule has 0 heterocycles. The topological polar surface area (TPSA) is 43.4 Å². The Bertz CT molecular complexity index is 203. The Balaban J connectivity index is 4.52. The zero-order chi connectivity index (χ0) is 10.5. The normalized spacial score (nSPS) is 14.8. The summed E-state index contributed by atoms with van der Waals surface area (Å²) in [5.41, 5.74) is 0. The number of ketones is 1. The number of Topliss-reactive ketones (excluding diaryl/α,β-unsaturated/α-hetero) is 1. The van der Waals surface area contributed by atoms with Gasteiger partial charge >= 0.3 is 5.97 Å². The van der Waals surface area contributed by atoms with Gasteiger partial charge in [0.15, 0.2) is 10.7 Å². The van der Waals surface area contributed by atoms with Gasteiger partial charge in [0.1, 0.15) is 0 Å². The number of carbonyl (C=O) groups excluding carboxylic acids is 2. The lowest BCUT2D eigenvalue weighted by Gasteiger charge is -2.20. The number of ether oxygens (including phenoxy) is 1. The second kappa shape index (κ2) is 5.22. The van der Waals surface area contributed by atoms with Gasteiger partial charge in [-0.2, -0.15) is 0 Å². The summed E-state index contributed by atoms with van der Waals surface area (Å²) < 4.78 is 4.48. The quantitative estimate of drug-likeness (QED) is 0.392. The molecule has 4 heteroatoms. The van der Waals surface area contributed by atoms with Crippen LogP contribution in [0.25, 0.3) is 0 Å². The highest BCUT2D eigenvalue weighted by Gasteiger charge is 2.41. The van der Waals surface area contributed by atoms with Crippen LogP contribution in [-0.4, -0.2) is 23.7 Å². The number of alkyl halides is 1. The van der Waals surface area contributed by atoms with Crippen LogP contribution < -0.4 is 0 Å². The molecule has 0 saturated carbocycles. The molecule has 1 atom stereocenters. The number of hydrogen-bond donors (Lipinski definition) is 0. The Hall–Kier alpha value is -0.570. The fourth-order valence-corrected chi connectivity index (χ4v) is 1.21. The fourth-order valence-electron chi connectivity index (χ4n) is 1.00. The second-order valence-electron chi connectivity index (χ2n) is 2.95. The molecule has 0 spiro atoms. The smallest absolute Gasteiger partial charge is 0.334 e. The Kier molecular flexibility index (Phi) is 4.99. The van der Waals surface area contributed by atoms with Crippen LogP contribution in [0.1, 0.15) is 33.1 Å². The summed E-state index contributed by atoms with van der Waals surface area (Å²) in [6.45, 7) is 3.27. The van der Waals surface area contributed by atoms with E-state index in [0.717, 1.165) is 12.8 Å². The zero-order valence-electron chi connectivity index (χ0n) is 8.22. The molecule has 0 bridgehead atoms. The van der Waals surface area contributed by atoms with Gasteiger partial charge in [0.2, 0.25) is 0 Å². The van der Waals surface area contributed by atoms with E-state index in [1.54, 1.807) is 0 Å². The van der Waals surface area contributed by atoms with E-state index < -0.39 is 10.8 Å². The molecule has 0 radical (unpaired) electrons. The van der Waals surface area contributed by atoms with Crippen LogP contribution in [0.5, 0.6) is 0 Å². The van der Waals surface area contributed by atoms with Crippen molar-refractivity contribution in [3.05, 3.63) is 0 Å². The maximum absolute atomic E-state index is 11.2. The van der Waals surface area contributed by atoms with Gasteiger partial charge in [-0.05, 0) is 13.3 Å². The van der Waals surface area contributed by atoms with E-state index in [0.29, 0.717) is 6.42 Å². The van der Waals surface area contributed by atoms with Crippen LogP contribution in [0, 0.1) is 0 Å². The van der Waals surface area contributed by atoms with Gasteiger partial charge in [-0.25, -0.2) is 4.79 Å². The van der Waals surface area contributed by atoms with Gasteiger partial charge in [0, 0.05) is 0 Å². The van der Waals surface area contributed by atoms with Crippen LogP contribution in [0.3, 0.4) is 0 Å². The van der Waals surface area contributed by atoms with E-state index in [2.05, 4.69) is 4.74 Å². The van der Waals surface area contributed by atoms with E-state index in [1.165, 1.54) is 14.0 Å². The molecule has 0 aromatic heterocycles. The monoisotopic (exact) mass is 206 g/mol. The predicted octanol–water partition coefficient (Wildman–Crippen LogP) is 1.92. The minimum absolute atomic E-state index is 0.340. The lowest BCUT2D eigenvalue weighted by Crippen LogP contribution is -2.40. The zero-order valence-corrected chi connectivity index (χ0v) is 8.98. The van der Waals surface area contributed by atoms with Crippen molar-refractivity contribution >= 4 is 23.4 Å². The molecule has 3 nitrogen and oxygen atoms in total. The average Bonchev–Trinajstić information content (AvgIpc) is 2.12. The van der Waals surface area contributed by atoms with Crippen molar-refractivity contribution in [3.8, 4) is 0 Å². The van der Waals surface area contributed by atoms with E-state index in [9.17, 15) is 9.59 Å². The third-order valence-corrected chi connectivity index (χ3v) is 2.55. The van der Waals surface area contributed by atoms with Crippen molar-refractivity contribution in [2.45, 2.75) is 38.0 Å². The van der Waals surface area contributed by atoms with Crippen molar-refractivity contribution < 1.29 is 14.3 Å². The first-order chi connectivity index (χ1) is 5.99. The summed E-state index contributed by atoms with van der Waals surface area (Å²) in [6, 6.07) is 0. The van der Waals surface area contributed by atoms with Crippen LogP contribution in [-0.2, 0) is 14.3 Å². The molecular formula is C9H15ClO3.